The van der Waals surface area contributed by atoms with Crippen molar-refractivity contribution in [2.24, 2.45) is 4.99 Å². The van der Waals surface area contributed by atoms with E-state index in [0.717, 1.165) is 10.9 Å². The molecular formula is C26H23ClN2S. The molecule has 0 aliphatic carbocycles. The lowest BCUT2D eigenvalue weighted by atomic mass is 9.95. The van der Waals surface area contributed by atoms with Crippen LogP contribution in [0.5, 0.6) is 0 Å². The molecule has 2 nitrogen and oxygen atoms in total. The predicted molar refractivity (Wildman–Crippen MR) is 131 cm³/mol. The summed E-state index contributed by atoms with van der Waals surface area (Å²) in [5, 5.41) is 7.31. The van der Waals surface area contributed by atoms with Gasteiger partial charge in [0.25, 0.3) is 0 Å². The average Bonchev–Trinajstić information content (AvgIpc) is 3.23. The Kier molecular flexibility index (Phi) is 6.41. The van der Waals surface area contributed by atoms with Crippen LogP contribution in [0.15, 0.2) is 108 Å². The van der Waals surface area contributed by atoms with Crippen LogP contribution in [0.3, 0.4) is 0 Å². The molecule has 150 valence electrons. The fourth-order valence-corrected chi connectivity index (χ4v) is 4.88. The third-order valence-corrected chi connectivity index (χ3v) is 6.35. The minimum Gasteiger partial charge on any atom is -0.356 e. The zero-order chi connectivity index (χ0) is 19.5. The second kappa shape index (κ2) is 9.38. The monoisotopic (exact) mass is 430 g/mol. The van der Waals surface area contributed by atoms with Crippen molar-refractivity contribution < 1.29 is 0 Å². The van der Waals surface area contributed by atoms with Gasteiger partial charge in [0.1, 0.15) is 6.04 Å². The van der Waals surface area contributed by atoms with Gasteiger partial charge in [0.05, 0.1) is 6.04 Å². The Labute approximate surface area is 187 Å². The van der Waals surface area contributed by atoms with Crippen LogP contribution in [0.1, 0.15) is 28.8 Å². The van der Waals surface area contributed by atoms with Crippen LogP contribution in [0.4, 0.5) is 0 Å². The number of hydrogen-bond acceptors (Lipinski definition) is 3. The Bertz CT molecular complexity index is 1140. The van der Waals surface area contributed by atoms with Gasteiger partial charge in [-0.3, -0.25) is 4.99 Å². The summed E-state index contributed by atoms with van der Waals surface area (Å²) in [5.74, 6) is 0.899. The van der Waals surface area contributed by atoms with E-state index in [2.05, 4.69) is 108 Å². The molecule has 2 atom stereocenters. The standard InChI is InChI=1S/C26H22N2S.ClH/c1-3-11-20(12-4-1)24-25(21-13-5-2-6-14-21)28-26(27-24)29-18-22-16-9-15-19-10-7-8-17-23(19)22;/h1-17,24-25H,18H2,(H,27,28);1H. The molecule has 4 aromatic rings. The number of nitrogens with one attached hydrogen (secondary N) is 1. The van der Waals surface area contributed by atoms with E-state index in [-0.39, 0.29) is 24.5 Å². The lowest BCUT2D eigenvalue weighted by Gasteiger charge is -2.19. The molecule has 1 N–H and O–H groups in total. The number of amidine groups is 1. The SMILES string of the molecule is Cl.c1ccc(C2N=C(SCc3cccc4ccccc34)NC2c2ccccc2)cc1. The van der Waals surface area contributed by atoms with Crippen molar-refractivity contribution in [2.45, 2.75) is 17.8 Å². The molecule has 0 amide bonds. The van der Waals surface area contributed by atoms with Gasteiger partial charge < -0.3 is 5.32 Å². The first-order valence-electron chi connectivity index (χ1n) is 9.92. The lowest BCUT2D eigenvalue weighted by molar-refractivity contribution is 0.573. The van der Waals surface area contributed by atoms with Crippen LogP contribution in [0.25, 0.3) is 10.8 Å². The summed E-state index contributed by atoms with van der Waals surface area (Å²) in [5.41, 5.74) is 3.86. The third-order valence-electron chi connectivity index (χ3n) is 5.40. The van der Waals surface area contributed by atoms with Gasteiger partial charge in [-0.05, 0) is 27.5 Å². The zero-order valence-electron chi connectivity index (χ0n) is 16.4. The maximum Gasteiger partial charge on any atom is 0.158 e. The quantitative estimate of drug-likeness (QED) is 0.379. The minimum atomic E-state index is 0. The van der Waals surface area contributed by atoms with Crippen molar-refractivity contribution in [3.63, 3.8) is 0 Å². The molecule has 0 radical (unpaired) electrons. The number of fused-ring (bicyclic) bond motifs is 1. The smallest absolute Gasteiger partial charge is 0.158 e. The molecule has 1 heterocycles. The Morgan fingerprint density at radius 1 is 0.700 bits per heavy atom. The lowest BCUT2D eigenvalue weighted by Crippen LogP contribution is -2.22. The van der Waals surface area contributed by atoms with Gasteiger partial charge in [0.2, 0.25) is 0 Å². The molecule has 4 aromatic carbocycles. The van der Waals surface area contributed by atoms with Crippen molar-refractivity contribution in [3.8, 4) is 0 Å². The molecule has 30 heavy (non-hydrogen) atoms. The van der Waals surface area contributed by atoms with Crippen LogP contribution in [-0.2, 0) is 5.75 Å². The summed E-state index contributed by atoms with van der Waals surface area (Å²) < 4.78 is 0. The Morgan fingerprint density at radius 3 is 2.10 bits per heavy atom. The minimum absolute atomic E-state index is 0. The number of hydrogen-bond donors (Lipinski definition) is 1. The van der Waals surface area contributed by atoms with E-state index >= 15 is 0 Å². The first-order valence-corrected chi connectivity index (χ1v) is 10.9. The first kappa shape index (κ1) is 20.5. The average molecular weight is 431 g/mol. The van der Waals surface area contributed by atoms with Crippen LogP contribution in [0, 0.1) is 0 Å². The van der Waals surface area contributed by atoms with E-state index in [1.54, 1.807) is 11.8 Å². The highest BCUT2D eigenvalue weighted by atomic mass is 35.5. The highest BCUT2D eigenvalue weighted by Crippen LogP contribution is 2.38. The number of nitrogens with zero attached hydrogens (tertiary/aromatic N) is 1. The van der Waals surface area contributed by atoms with Crippen LogP contribution >= 0.6 is 24.2 Å². The van der Waals surface area contributed by atoms with E-state index < -0.39 is 0 Å². The fourth-order valence-electron chi connectivity index (χ4n) is 3.94. The second-order valence-corrected chi connectivity index (χ2v) is 8.21. The number of rotatable bonds is 4. The van der Waals surface area contributed by atoms with Gasteiger partial charge >= 0.3 is 0 Å². The highest BCUT2D eigenvalue weighted by molar-refractivity contribution is 8.13. The van der Waals surface area contributed by atoms with Gasteiger partial charge in [-0.1, -0.05) is 115 Å². The topological polar surface area (TPSA) is 24.4 Å². The van der Waals surface area contributed by atoms with Crippen LogP contribution < -0.4 is 5.32 Å². The molecule has 0 spiro atoms. The Morgan fingerprint density at radius 2 is 1.33 bits per heavy atom. The number of halogens is 1. The number of thioether (sulfide) groups is 1. The summed E-state index contributed by atoms with van der Waals surface area (Å²) in [6.07, 6.45) is 0. The summed E-state index contributed by atoms with van der Waals surface area (Å²) >= 11 is 1.79. The zero-order valence-corrected chi connectivity index (χ0v) is 18.1. The van der Waals surface area contributed by atoms with Crippen LogP contribution in [-0.4, -0.2) is 5.17 Å². The predicted octanol–water partition coefficient (Wildman–Crippen LogP) is 6.94. The van der Waals surface area contributed by atoms with Gasteiger partial charge in [-0.2, -0.15) is 0 Å². The molecule has 1 aliphatic rings. The molecule has 1 aliphatic heterocycles. The molecule has 5 rings (SSSR count). The van der Waals surface area contributed by atoms with E-state index in [1.165, 1.54) is 27.5 Å². The molecule has 0 saturated heterocycles. The summed E-state index contributed by atoms with van der Waals surface area (Å²) in [4.78, 5) is 5.08. The fraction of sp³-hybridized carbons (Fsp3) is 0.115. The molecule has 0 aromatic heterocycles. The molecule has 0 bridgehead atoms. The van der Waals surface area contributed by atoms with Crippen molar-refractivity contribution in [3.05, 3.63) is 120 Å². The van der Waals surface area contributed by atoms with E-state index in [1.807, 2.05) is 0 Å². The molecule has 0 saturated carbocycles. The van der Waals surface area contributed by atoms with Crippen molar-refractivity contribution in [2.75, 3.05) is 0 Å². The highest BCUT2D eigenvalue weighted by Gasteiger charge is 2.31. The third kappa shape index (κ3) is 4.23. The Balaban J connectivity index is 0.00000218. The first-order chi connectivity index (χ1) is 14.4. The van der Waals surface area contributed by atoms with Gasteiger partial charge in [0, 0.05) is 5.75 Å². The molecular weight excluding hydrogens is 408 g/mol. The van der Waals surface area contributed by atoms with Gasteiger partial charge in [-0.15, -0.1) is 12.4 Å². The van der Waals surface area contributed by atoms with E-state index in [9.17, 15) is 0 Å². The number of aliphatic imine (C=N–C) groups is 1. The van der Waals surface area contributed by atoms with Gasteiger partial charge in [-0.25, -0.2) is 0 Å². The second-order valence-electron chi connectivity index (χ2n) is 7.25. The Hall–Kier alpha value is -2.75. The van der Waals surface area contributed by atoms with E-state index in [0.29, 0.717) is 0 Å². The maximum absolute atomic E-state index is 5.08. The normalized spacial score (nSPS) is 17.8. The largest absolute Gasteiger partial charge is 0.356 e. The number of benzene rings is 4. The molecule has 4 heteroatoms. The molecule has 2 unspecified atom stereocenters. The summed E-state index contributed by atoms with van der Waals surface area (Å²) in [6.45, 7) is 0. The summed E-state index contributed by atoms with van der Waals surface area (Å²) in [7, 11) is 0. The van der Waals surface area contributed by atoms with Crippen LogP contribution in [0.2, 0.25) is 0 Å². The maximum atomic E-state index is 5.08. The van der Waals surface area contributed by atoms with Gasteiger partial charge in [0.15, 0.2) is 5.17 Å². The van der Waals surface area contributed by atoms with Crippen molar-refractivity contribution >= 4 is 40.1 Å². The van der Waals surface area contributed by atoms with Crippen molar-refractivity contribution in [1.29, 1.82) is 0 Å². The molecule has 0 fully saturated rings. The van der Waals surface area contributed by atoms with Crippen molar-refractivity contribution in [1.82, 2.24) is 5.32 Å². The summed E-state index contributed by atoms with van der Waals surface area (Å²) in [6, 6.07) is 36.6. The van der Waals surface area contributed by atoms with E-state index in [4.69, 9.17) is 4.99 Å².